The monoisotopic (exact) mass is 253 g/mol. The van der Waals surface area contributed by atoms with Gasteiger partial charge in [0.2, 0.25) is 0 Å². The Hall–Kier alpha value is -0.780. The summed E-state index contributed by atoms with van der Waals surface area (Å²) in [4.78, 5) is 8.81. The Kier molecular flexibility index (Phi) is 3.68. The number of thiazole rings is 2. The summed E-state index contributed by atoms with van der Waals surface area (Å²) in [6.45, 7) is 4.27. The number of nitrogens with two attached hydrogens (primary N) is 1. The van der Waals surface area contributed by atoms with Gasteiger partial charge in [0.15, 0.2) is 0 Å². The first-order chi connectivity index (χ1) is 7.66. The zero-order valence-corrected chi connectivity index (χ0v) is 11.0. The van der Waals surface area contributed by atoms with E-state index in [4.69, 9.17) is 5.73 Å². The van der Waals surface area contributed by atoms with Crippen molar-refractivity contribution in [1.29, 1.82) is 0 Å². The van der Waals surface area contributed by atoms with Crippen LogP contribution in [0.25, 0.3) is 10.7 Å². The lowest BCUT2D eigenvalue weighted by Crippen LogP contribution is -2.28. The van der Waals surface area contributed by atoms with E-state index in [9.17, 15) is 0 Å². The van der Waals surface area contributed by atoms with Crippen molar-refractivity contribution in [3.8, 4) is 10.7 Å². The van der Waals surface area contributed by atoms with Crippen LogP contribution in [0.4, 0.5) is 0 Å². The molecule has 2 rings (SSSR count). The van der Waals surface area contributed by atoms with Gasteiger partial charge in [-0.15, -0.1) is 22.7 Å². The molecule has 2 aromatic heterocycles. The molecule has 0 bridgehead atoms. The lowest BCUT2D eigenvalue weighted by molar-refractivity contribution is 0.487. The summed E-state index contributed by atoms with van der Waals surface area (Å²) in [6.07, 6.45) is 0.846. The summed E-state index contributed by atoms with van der Waals surface area (Å²) in [7, 11) is 0. The van der Waals surface area contributed by atoms with Crippen LogP contribution in [0.5, 0.6) is 0 Å². The van der Waals surface area contributed by atoms with Crippen molar-refractivity contribution in [2.75, 3.05) is 0 Å². The molecule has 0 aliphatic rings. The molecule has 5 heteroatoms. The number of hydrogen-bond acceptors (Lipinski definition) is 5. The second kappa shape index (κ2) is 5.03. The highest BCUT2D eigenvalue weighted by molar-refractivity contribution is 7.13. The molecule has 2 heterocycles. The van der Waals surface area contributed by atoms with Crippen molar-refractivity contribution in [1.82, 2.24) is 9.97 Å². The number of aromatic nitrogens is 2. The predicted molar refractivity (Wildman–Crippen MR) is 69.7 cm³/mol. The lowest BCUT2D eigenvalue weighted by Gasteiger charge is -2.13. The zero-order valence-electron chi connectivity index (χ0n) is 9.38. The number of rotatable bonds is 4. The first-order valence-electron chi connectivity index (χ1n) is 5.25. The SMILES string of the molecule is CC(C)C(N)Cc1csc(-c2cscn2)n1. The van der Waals surface area contributed by atoms with E-state index in [1.165, 1.54) is 0 Å². The fourth-order valence-electron chi connectivity index (χ4n) is 1.31. The summed E-state index contributed by atoms with van der Waals surface area (Å²) in [5.41, 5.74) is 9.91. The molecule has 3 nitrogen and oxygen atoms in total. The van der Waals surface area contributed by atoms with Crippen LogP contribution in [-0.2, 0) is 6.42 Å². The molecule has 0 radical (unpaired) electrons. The molecular weight excluding hydrogens is 238 g/mol. The maximum absolute atomic E-state index is 6.03. The molecule has 0 spiro atoms. The molecule has 16 heavy (non-hydrogen) atoms. The third kappa shape index (κ3) is 2.66. The Balaban J connectivity index is 2.08. The van der Waals surface area contributed by atoms with E-state index in [1.807, 2.05) is 10.9 Å². The van der Waals surface area contributed by atoms with Crippen LogP contribution in [-0.4, -0.2) is 16.0 Å². The highest BCUT2D eigenvalue weighted by Gasteiger charge is 2.12. The summed E-state index contributed by atoms with van der Waals surface area (Å²) in [5.74, 6) is 0.490. The van der Waals surface area contributed by atoms with Gasteiger partial charge in [-0.25, -0.2) is 9.97 Å². The Morgan fingerprint density at radius 2 is 2.19 bits per heavy atom. The van der Waals surface area contributed by atoms with Gasteiger partial charge in [0.25, 0.3) is 0 Å². The maximum Gasteiger partial charge on any atom is 0.142 e. The lowest BCUT2D eigenvalue weighted by atomic mass is 10.0. The van der Waals surface area contributed by atoms with Gasteiger partial charge in [-0.3, -0.25) is 0 Å². The van der Waals surface area contributed by atoms with Gasteiger partial charge in [-0.1, -0.05) is 13.8 Å². The molecule has 86 valence electrons. The first-order valence-corrected chi connectivity index (χ1v) is 7.07. The molecular formula is C11H15N3S2. The Morgan fingerprint density at radius 1 is 1.38 bits per heavy atom. The van der Waals surface area contributed by atoms with Gasteiger partial charge in [-0.2, -0.15) is 0 Å². The Bertz CT molecular complexity index is 434. The molecule has 2 N–H and O–H groups in total. The maximum atomic E-state index is 6.03. The average Bonchev–Trinajstić information content (AvgIpc) is 2.85. The van der Waals surface area contributed by atoms with Crippen LogP contribution in [0.2, 0.25) is 0 Å². The smallest absolute Gasteiger partial charge is 0.142 e. The van der Waals surface area contributed by atoms with Crippen LogP contribution in [0.3, 0.4) is 0 Å². The topological polar surface area (TPSA) is 51.8 Å². The minimum absolute atomic E-state index is 0.186. The summed E-state index contributed by atoms with van der Waals surface area (Å²) in [5, 5.41) is 5.09. The van der Waals surface area contributed by atoms with E-state index in [2.05, 4.69) is 29.2 Å². The van der Waals surface area contributed by atoms with Crippen LogP contribution >= 0.6 is 22.7 Å². The van der Waals surface area contributed by atoms with E-state index in [0.717, 1.165) is 22.8 Å². The van der Waals surface area contributed by atoms with Crippen LogP contribution in [0.1, 0.15) is 19.5 Å². The Labute approximate surface area is 103 Å². The second-order valence-electron chi connectivity index (χ2n) is 4.13. The Morgan fingerprint density at radius 3 is 2.81 bits per heavy atom. The molecule has 2 aromatic rings. The van der Waals surface area contributed by atoms with Crippen molar-refractivity contribution in [2.45, 2.75) is 26.3 Å². The second-order valence-corrected chi connectivity index (χ2v) is 5.71. The van der Waals surface area contributed by atoms with Crippen molar-refractivity contribution in [2.24, 2.45) is 11.7 Å². The fraction of sp³-hybridized carbons (Fsp3) is 0.455. The molecule has 1 atom stereocenters. The van der Waals surface area contributed by atoms with Gasteiger partial charge in [0, 0.05) is 23.2 Å². The van der Waals surface area contributed by atoms with Gasteiger partial charge in [0.1, 0.15) is 10.7 Å². The summed E-state index contributed by atoms with van der Waals surface area (Å²) < 4.78 is 0. The molecule has 0 aliphatic heterocycles. The van der Waals surface area contributed by atoms with Crippen molar-refractivity contribution in [3.05, 3.63) is 22.0 Å². The number of nitrogens with zero attached hydrogens (tertiary/aromatic N) is 2. The minimum Gasteiger partial charge on any atom is -0.327 e. The van der Waals surface area contributed by atoms with Crippen LogP contribution in [0.15, 0.2) is 16.3 Å². The van der Waals surface area contributed by atoms with Crippen molar-refractivity contribution < 1.29 is 0 Å². The normalized spacial score (nSPS) is 13.2. The number of hydrogen-bond donors (Lipinski definition) is 1. The molecule has 0 fully saturated rings. The summed E-state index contributed by atoms with van der Waals surface area (Å²) in [6, 6.07) is 0.186. The minimum atomic E-state index is 0.186. The molecule has 0 saturated carbocycles. The third-order valence-electron chi connectivity index (χ3n) is 2.50. The third-order valence-corrected chi connectivity index (χ3v) is 4.00. The van der Waals surface area contributed by atoms with Gasteiger partial charge >= 0.3 is 0 Å². The van der Waals surface area contributed by atoms with E-state index in [1.54, 1.807) is 22.7 Å². The largest absolute Gasteiger partial charge is 0.327 e. The fourth-order valence-corrected chi connectivity index (χ4v) is 2.72. The summed E-state index contributed by atoms with van der Waals surface area (Å²) >= 11 is 3.23. The van der Waals surface area contributed by atoms with Crippen LogP contribution in [0, 0.1) is 5.92 Å². The van der Waals surface area contributed by atoms with Crippen molar-refractivity contribution in [3.63, 3.8) is 0 Å². The van der Waals surface area contributed by atoms with Gasteiger partial charge in [0.05, 0.1) is 11.2 Å². The van der Waals surface area contributed by atoms with E-state index < -0.39 is 0 Å². The van der Waals surface area contributed by atoms with Crippen LogP contribution < -0.4 is 5.73 Å². The highest BCUT2D eigenvalue weighted by Crippen LogP contribution is 2.24. The zero-order chi connectivity index (χ0) is 11.5. The van der Waals surface area contributed by atoms with Crippen molar-refractivity contribution >= 4 is 22.7 Å². The molecule has 1 unspecified atom stereocenters. The standard InChI is InChI=1S/C11H15N3S2/c1-7(2)9(12)3-8-4-16-11(14-8)10-5-15-6-13-10/h4-7,9H,3,12H2,1-2H3. The highest BCUT2D eigenvalue weighted by atomic mass is 32.1. The predicted octanol–water partition coefficient (Wildman–Crippen LogP) is 2.79. The molecule has 0 amide bonds. The van der Waals surface area contributed by atoms with Gasteiger partial charge in [-0.05, 0) is 5.92 Å². The van der Waals surface area contributed by atoms with E-state index >= 15 is 0 Å². The first kappa shape index (κ1) is 11.7. The van der Waals surface area contributed by atoms with E-state index in [-0.39, 0.29) is 6.04 Å². The van der Waals surface area contributed by atoms with E-state index in [0.29, 0.717) is 5.92 Å². The molecule has 0 aliphatic carbocycles. The van der Waals surface area contributed by atoms with Gasteiger partial charge < -0.3 is 5.73 Å². The molecule has 0 aromatic carbocycles. The molecule has 0 saturated heterocycles. The quantitative estimate of drug-likeness (QED) is 0.911. The average molecular weight is 253 g/mol.